The van der Waals surface area contributed by atoms with Crippen LogP contribution in [0.1, 0.15) is 25.8 Å². The predicted octanol–water partition coefficient (Wildman–Crippen LogP) is 3.20. The van der Waals surface area contributed by atoms with Gasteiger partial charge in [-0.1, -0.05) is 42.2 Å². The zero-order valence-electron chi connectivity index (χ0n) is 12.2. The molecule has 1 rings (SSSR count). The van der Waals surface area contributed by atoms with Crippen molar-refractivity contribution in [3.05, 3.63) is 35.9 Å². The lowest BCUT2D eigenvalue weighted by Gasteiger charge is -2.22. The first-order valence-electron chi connectivity index (χ1n) is 6.55. The summed E-state index contributed by atoms with van der Waals surface area (Å²) in [5, 5.41) is 0. The summed E-state index contributed by atoms with van der Waals surface area (Å²) in [7, 11) is -1.23. The van der Waals surface area contributed by atoms with Crippen molar-refractivity contribution in [3.8, 4) is 24.1 Å². The summed E-state index contributed by atoms with van der Waals surface area (Å²) in [5.41, 5.74) is 1.29. The number of benzene rings is 1. The molecule has 0 radical (unpaired) electrons. The molecule has 0 spiro atoms. The second kappa shape index (κ2) is 9.09. The van der Waals surface area contributed by atoms with Crippen LogP contribution in [0.4, 0.5) is 0 Å². The van der Waals surface area contributed by atoms with Gasteiger partial charge in [-0.25, -0.2) is 0 Å². The van der Waals surface area contributed by atoms with E-state index in [4.69, 9.17) is 13.3 Å². The van der Waals surface area contributed by atoms with Crippen LogP contribution in [-0.2, 0) is 19.7 Å². The minimum absolute atomic E-state index is 0.682. The second-order valence-electron chi connectivity index (χ2n) is 4.13. The third kappa shape index (κ3) is 5.40. The summed E-state index contributed by atoms with van der Waals surface area (Å²) in [6.07, 6.45) is 7.04. The molecule has 1 aromatic rings. The molecule has 0 saturated heterocycles. The smallest absolute Gasteiger partial charge is 0.441 e. The third-order valence-corrected chi connectivity index (χ3v) is 5.13. The van der Waals surface area contributed by atoms with E-state index in [1.54, 1.807) is 21.0 Å². The summed E-state index contributed by atoms with van der Waals surface area (Å²) in [6, 6.07) is 11.0. The highest BCUT2D eigenvalue weighted by Crippen LogP contribution is 2.18. The fourth-order valence-electron chi connectivity index (χ4n) is 1.72. The topological polar surface area (TPSA) is 27.7 Å². The lowest BCUT2D eigenvalue weighted by molar-refractivity contribution is 0.176. The minimum Gasteiger partial charge on any atom is -0.441 e. The summed E-state index contributed by atoms with van der Waals surface area (Å²) < 4.78 is 16.5. The van der Waals surface area contributed by atoms with Gasteiger partial charge in [-0.3, -0.25) is 0 Å². The van der Waals surface area contributed by atoms with Crippen molar-refractivity contribution >= 4 is 8.80 Å². The zero-order chi connectivity index (χ0) is 14.7. The van der Waals surface area contributed by atoms with E-state index in [1.807, 2.05) is 18.2 Å². The molecule has 0 aromatic heterocycles. The lowest BCUT2D eigenvalue weighted by Crippen LogP contribution is -2.42. The van der Waals surface area contributed by atoms with E-state index in [1.165, 1.54) is 5.56 Å². The van der Waals surface area contributed by atoms with E-state index in [9.17, 15) is 0 Å². The molecule has 106 valence electrons. The minimum atomic E-state index is -2.81. The number of hydrogen-bond acceptors (Lipinski definition) is 3. The van der Waals surface area contributed by atoms with Gasteiger partial charge in [0.1, 0.15) is 0 Å². The van der Waals surface area contributed by atoms with Crippen LogP contribution >= 0.6 is 0 Å². The van der Waals surface area contributed by atoms with Gasteiger partial charge in [0, 0.05) is 27.0 Å². The summed E-state index contributed by atoms with van der Waals surface area (Å²) >= 11 is 0. The van der Waals surface area contributed by atoms with Crippen molar-refractivity contribution in [2.75, 3.05) is 7.11 Å². The van der Waals surface area contributed by atoms with Gasteiger partial charge >= 0.3 is 8.80 Å². The zero-order valence-corrected chi connectivity index (χ0v) is 13.2. The molecule has 0 aliphatic rings. The number of hydrogen-bond donors (Lipinski definition) is 0. The van der Waals surface area contributed by atoms with E-state index in [-0.39, 0.29) is 0 Å². The van der Waals surface area contributed by atoms with Crippen molar-refractivity contribution in [1.82, 2.24) is 0 Å². The van der Waals surface area contributed by atoms with Crippen LogP contribution in [0.2, 0.25) is 6.04 Å². The summed E-state index contributed by atoms with van der Waals surface area (Å²) in [6.45, 7) is 3.43. The lowest BCUT2D eigenvalue weighted by atomic mass is 10.1. The van der Waals surface area contributed by atoms with Crippen molar-refractivity contribution < 1.29 is 13.3 Å². The highest BCUT2D eigenvalue weighted by atomic mass is 28.4. The van der Waals surface area contributed by atoms with Gasteiger partial charge in [-0.2, -0.15) is 0 Å². The summed E-state index contributed by atoms with van der Waals surface area (Å²) in [4.78, 5) is 0. The highest BCUT2D eigenvalue weighted by molar-refractivity contribution is 6.61. The maximum atomic E-state index is 5.50. The standard InChI is InChI=1S/C16H20O3Si/c1-4-13-18-20(17-3,19-14-5-2)15-9-12-16-10-7-6-8-11-16/h6-8,10-11H,9,12,15H2,1-3H3. The summed E-state index contributed by atoms with van der Waals surface area (Å²) in [5.74, 6) is 5.39. The Morgan fingerprint density at radius 2 is 1.60 bits per heavy atom. The highest BCUT2D eigenvalue weighted by Gasteiger charge is 2.44. The monoisotopic (exact) mass is 288 g/mol. The van der Waals surface area contributed by atoms with Crippen LogP contribution in [-0.4, -0.2) is 15.9 Å². The van der Waals surface area contributed by atoms with Gasteiger partial charge in [0.15, 0.2) is 0 Å². The van der Waals surface area contributed by atoms with Crippen molar-refractivity contribution in [1.29, 1.82) is 0 Å². The van der Waals surface area contributed by atoms with Crippen LogP contribution in [0.15, 0.2) is 30.3 Å². The molecule has 0 amide bonds. The van der Waals surface area contributed by atoms with Gasteiger partial charge in [0.05, 0.1) is 12.2 Å². The van der Waals surface area contributed by atoms with Gasteiger partial charge in [-0.05, 0) is 18.4 Å². The van der Waals surface area contributed by atoms with E-state index in [2.05, 4.69) is 36.2 Å². The first-order valence-corrected chi connectivity index (χ1v) is 8.48. The Balaban J connectivity index is 2.61. The van der Waals surface area contributed by atoms with Gasteiger partial charge < -0.3 is 13.3 Å². The molecule has 0 N–H and O–H groups in total. The fraction of sp³-hybridized carbons (Fsp3) is 0.375. The molecule has 20 heavy (non-hydrogen) atoms. The maximum Gasteiger partial charge on any atom is 0.648 e. The Morgan fingerprint density at radius 1 is 1.00 bits per heavy atom. The van der Waals surface area contributed by atoms with Gasteiger partial charge in [0.25, 0.3) is 0 Å². The molecule has 0 unspecified atom stereocenters. The first kappa shape index (κ1) is 16.2. The first-order chi connectivity index (χ1) is 9.76. The number of rotatable bonds is 7. The Morgan fingerprint density at radius 3 is 2.10 bits per heavy atom. The predicted molar refractivity (Wildman–Crippen MR) is 81.4 cm³/mol. The SMILES string of the molecule is CC#CO[Si](CCCc1ccccc1)(OC)OC#CC. The van der Waals surface area contributed by atoms with Crippen LogP contribution in [0, 0.1) is 24.1 Å². The van der Waals surface area contributed by atoms with Gasteiger partial charge in [-0.15, -0.1) is 0 Å². The Labute approximate surface area is 122 Å². The average Bonchev–Trinajstić information content (AvgIpc) is 2.51. The van der Waals surface area contributed by atoms with Crippen LogP contribution in [0.25, 0.3) is 0 Å². The maximum absolute atomic E-state index is 5.50. The molecule has 0 atom stereocenters. The van der Waals surface area contributed by atoms with Crippen LogP contribution < -0.4 is 0 Å². The average molecular weight is 288 g/mol. The molecule has 0 heterocycles. The molecular formula is C16H20O3Si. The normalized spacial score (nSPS) is 9.75. The molecule has 1 aromatic carbocycles. The molecule has 3 nitrogen and oxygen atoms in total. The second-order valence-corrected chi connectivity index (χ2v) is 6.82. The Hall–Kier alpha value is -1.88. The van der Waals surface area contributed by atoms with Crippen LogP contribution in [0.3, 0.4) is 0 Å². The Bertz CT molecular complexity index is 483. The molecule has 0 aliphatic heterocycles. The van der Waals surface area contributed by atoms with E-state index in [0.717, 1.165) is 12.8 Å². The van der Waals surface area contributed by atoms with Crippen molar-refractivity contribution in [3.63, 3.8) is 0 Å². The van der Waals surface area contributed by atoms with E-state index >= 15 is 0 Å². The molecule has 0 bridgehead atoms. The van der Waals surface area contributed by atoms with E-state index < -0.39 is 8.80 Å². The van der Waals surface area contributed by atoms with Crippen molar-refractivity contribution in [2.45, 2.75) is 32.7 Å². The largest absolute Gasteiger partial charge is 0.648 e. The van der Waals surface area contributed by atoms with Gasteiger partial charge in [0.2, 0.25) is 0 Å². The molecule has 0 saturated carbocycles. The molecule has 0 fully saturated rings. The van der Waals surface area contributed by atoms with E-state index in [0.29, 0.717) is 6.04 Å². The molecular weight excluding hydrogens is 268 g/mol. The van der Waals surface area contributed by atoms with Crippen LogP contribution in [0.5, 0.6) is 0 Å². The van der Waals surface area contributed by atoms with Crippen molar-refractivity contribution in [2.24, 2.45) is 0 Å². The Kier molecular flexibility index (Phi) is 7.35. The quantitative estimate of drug-likeness (QED) is 0.569. The molecule has 0 aliphatic carbocycles. The fourth-order valence-corrected chi connectivity index (χ4v) is 3.46. The molecule has 4 heteroatoms. The number of aryl methyl sites for hydroxylation is 1. The third-order valence-electron chi connectivity index (χ3n) is 2.72.